The maximum Gasteiger partial charge on any atom is 0.500 e. The van der Waals surface area contributed by atoms with Crippen molar-refractivity contribution in [3.05, 3.63) is 25.3 Å². The van der Waals surface area contributed by atoms with Gasteiger partial charge in [-0.25, -0.2) is 0 Å². The fourth-order valence-corrected chi connectivity index (χ4v) is 4.50. The summed E-state index contributed by atoms with van der Waals surface area (Å²) >= 11 is 0. The molecular formula is C15H31N3O3Si. The third-order valence-corrected chi connectivity index (χ3v) is 6.70. The lowest BCUT2D eigenvalue weighted by Gasteiger charge is -2.41. The molecule has 1 aliphatic rings. The normalized spacial score (nSPS) is 18.5. The highest BCUT2D eigenvalue weighted by Crippen LogP contribution is 2.16. The number of rotatable bonds is 11. The van der Waals surface area contributed by atoms with Crippen LogP contribution < -0.4 is 0 Å². The SMILES string of the molecule is C=CCN1CN(CC=C)CN(CCC[Si](OC)(OC)OC)C1. The lowest BCUT2D eigenvalue weighted by Crippen LogP contribution is -2.55. The average Bonchev–Trinajstić information content (AvgIpc) is 2.53. The van der Waals surface area contributed by atoms with Crippen LogP contribution in [0, 0.1) is 0 Å². The number of hydrogen-bond donors (Lipinski definition) is 0. The second kappa shape index (κ2) is 10.3. The van der Waals surface area contributed by atoms with Crippen LogP contribution >= 0.6 is 0 Å². The first-order valence-electron chi connectivity index (χ1n) is 7.67. The van der Waals surface area contributed by atoms with E-state index in [1.807, 2.05) is 12.2 Å². The van der Waals surface area contributed by atoms with Gasteiger partial charge >= 0.3 is 8.80 Å². The summed E-state index contributed by atoms with van der Waals surface area (Å²) in [4.78, 5) is 7.16. The van der Waals surface area contributed by atoms with Gasteiger partial charge in [-0.3, -0.25) is 14.7 Å². The highest BCUT2D eigenvalue weighted by atomic mass is 28.4. The van der Waals surface area contributed by atoms with E-state index in [2.05, 4.69) is 27.9 Å². The van der Waals surface area contributed by atoms with Gasteiger partial charge in [-0.15, -0.1) is 13.2 Å². The molecule has 0 amide bonds. The van der Waals surface area contributed by atoms with Crippen LogP contribution in [-0.4, -0.2) is 84.5 Å². The zero-order valence-electron chi connectivity index (χ0n) is 14.3. The number of nitrogens with zero attached hydrogens (tertiary/aromatic N) is 3. The Morgan fingerprint density at radius 3 is 1.73 bits per heavy atom. The molecule has 0 unspecified atom stereocenters. The van der Waals surface area contributed by atoms with Gasteiger partial charge in [0.1, 0.15) is 0 Å². The molecule has 0 aromatic rings. The van der Waals surface area contributed by atoms with Crippen LogP contribution in [-0.2, 0) is 13.3 Å². The number of hydrogen-bond acceptors (Lipinski definition) is 6. The minimum atomic E-state index is -2.45. The van der Waals surface area contributed by atoms with Gasteiger partial charge in [0, 0.05) is 47.0 Å². The van der Waals surface area contributed by atoms with Gasteiger partial charge in [0.2, 0.25) is 0 Å². The molecule has 128 valence electrons. The largest absolute Gasteiger partial charge is 0.500 e. The molecule has 0 radical (unpaired) electrons. The lowest BCUT2D eigenvalue weighted by molar-refractivity contribution is -0.0179. The van der Waals surface area contributed by atoms with Crippen molar-refractivity contribution in [2.24, 2.45) is 0 Å². The molecule has 0 atom stereocenters. The van der Waals surface area contributed by atoms with Crippen molar-refractivity contribution in [3.63, 3.8) is 0 Å². The van der Waals surface area contributed by atoms with Crippen LogP contribution in [0.5, 0.6) is 0 Å². The smallest absolute Gasteiger partial charge is 0.377 e. The highest BCUT2D eigenvalue weighted by Gasteiger charge is 2.37. The van der Waals surface area contributed by atoms with Crippen molar-refractivity contribution in [3.8, 4) is 0 Å². The summed E-state index contributed by atoms with van der Waals surface area (Å²) in [7, 11) is 2.54. The van der Waals surface area contributed by atoms with E-state index in [-0.39, 0.29) is 0 Å². The Labute approximate surface area is 136 Å². The Hall–Kier alpha value is -0.543. The highest BCUT2D eigenvalue weighted by molar-refractivity contribution is 6.60. The standard InChI is InChI=1S/C15H31N3O3Si/c1-6-9-16-13-17(10-7-2)15-18(14-16)11-8-12-22(19-3,20-4)21-5/h6-7H,1-2,8-15H2,3-5H3. The van der Waals surface area contributed by atoms with Gasteiger partial charge in [-0.05, 0) is 6.42 Å². The Bertz CT molecular complexity index is 314. The average molecular weight is 330 g/mol. The molecule has 1 saturated heterocycles. The third-order valence-electron chi connectivity index (χ3n) is 3.86. The molecular weight excluding hydrogens is 298 g/mol. The van der Waals surface area contributed by atoms with Crippen LogP contribution in [0.1, 0.15) is 6.42 Å². The molecule has 1 heterocycles. The predicted octanol–water partition coefficient (Wildman–Crippen LogP) is 1.42. The Morgan fingerprint density at radius 2 is 1.32 bits per heavy atom. The molecule has 0 aliphatic carbocycles. The summed E-state index contributed by atoms with van der Waals surface area (Å²) < 4.78 is 16.4. The third kappa shape index (κ3) is 5.92. The van der Waals surface area contributed by atoms with Gasteiger partial charge < -0.3 is 13.3 Å². The quantitative estimate of drug-likeness (QED) is 0.422. The molecule has 7 heteroatoms. The fraction of sp³-hybridized carbons (Fsp3) is 0.733. The molecule has 0 spiro atoms. The van der Waals surface area contributed by atoms with Crippen molar-refractivity contribution in [1.29, 1.82) is 0 Å². The first kappa shape index (κ1) is 19.5. The Kier molecular flexibility index (Phi) is 9.11. The van der Waals surface area contributed by atoms with E-state index >= 15 is 0 Å². The molecule has 1 rings (SSSR count). The fourth-order valence-electron chi connectivity index (χ4n) is 2.80. The molecule has 0 aromatic carbocycles. The van der Waals surface area contributed by atoms with E-state index < -0.39 is 8.80 Å². The molecule has 0 bridgehead atoms. The molecule has 1 fully saturated rings. The zero-order valence-corrected chi connectivity index (χ0v) is 15.3. The maximum atomic E-state index is 5.47. The summed E-state index contributed by atoms with van der Waals surface area (Å²) in [6.07, 6.45) is 4.90. The first-order chi connectivity index (χ1) is 10.6. The van der Waals surface area contributed by atoms with Gasteiger partial charge in [0.05, 0.1) is 20.0 Å². The van der Waals surface area contributed by atoms with E-state index in [0.717, 1.165) is 52.1 Å². The predicted molar refractivity (Wildman–Crippen MR) is 91.3 cm³/mol. The molecule has 6 nitrogen and oxygen atoms in total. The Morgan fingerprint density at radius 1 is 0.864 bits per heavy atom. The van der Waals surface area contributed by atoms with Crippen molar-refractivity contribution in [1.82, 2.24) is 14.7 Å². The minimum Gasteiger partial charge on any atom is -0.377 e. The summed E-state index contributed by atoms with van der Waals surface area (Å²) in [5.74, 6) is 0. The molecule has 0 saturated carbocycles. The molecule has 22 heavy (non-hydrogen) atoms. The Balaban J connectivity index is 2.48. The van der Waals surface area contributed by atoms with Crippen LogP contribution in [0.15, 0.2) is 25.3 Å². The summed E-state index contributed by atoms with van der Waals surface area (Å²) in [6.45, 7) is 13.3. The maximum absolute atomic E-state index is 5.47. The van der Waals surface area contributed by atoms with Crippen LogP contribution in [0.25, 0.3) is 0 Å². The van der Waals surface area contributed by atoms with E-state index in [4.69, 9.17) is 13.3 Å². The molecule has 1 aliphatic heterocycles. The molecule has 0 N–H and O–H groups in total. The minimum absolute atomic E-state index is 0.829. The van der Waals surface area contributed by atoms with E-state index in [0.29, 0.717) is 0 Å². The topological polar surface area (TPSA) is 37.4 Å². The first-order valence-corrected chi connectivity index (χ1v) is 9.60. The van der Waals surface area contributed by atoms with E-state index in [1.54, 1.807) is 21.3 Å². The van der Waals surface area contributed by atoms with E-state index in [1.165, 1.54) is 0 Å². The van der Waals surface area contributed by atoms with Crippen molar-refractivity contribution >= 4 is 8.80 Å². The van der Waals surface area contributed by atoms with E-state index in [9.17, 15) is 0 Å². The van der Waals surface area contributed by atoms with Crippen molar-refractivity contribution < 1.29 is 13.3 Å². The van der Waals surface area contributed by atoms with Gasteiger partial charge in [-0.2, -0.15) is 0 Å². The summed E-state index contributed by atoms with van der Waals surface area (Å²) in [5.41, 5.74) is 0. The monoisotopic (exact) mass is 329 g/mol. The second-order valence-corrected chi connectivity index (χ2v) is 8.59. The van der Waals surface area contributed by atoms with Crippen LogP contribution in [0.4, 0.5) is 0 Å². The van der Waals surface area contributed by atoms with Crippen LogP contribution in [0.2, 0.25) is 6.04 Å². The van der Waals surface area contributed by atoms with Gasteiger partial charge in [0.15, 0.2) is 0 Å². The van der Waals surface area contributed by atoms with Crippen LogP contribution in [0.3, 0.4) is 0 Å². The van der Waals surface area contributed by atoms with Crippen molar-refractivity contribution in [2.75, 3.05) is 61.0 Å². The second-order valence-electron chi connectivity index (χ2n) is 5.50. The summed E-state index contributed by atoms with van der Waals surface area (Å²) in [6, 6.07) is 0.829. The zero-order chi connectivity index (χ0) is 16.4. The van der Waals surface area contributed by atoms with Gasteiger partial charge in [0.25, 0.3) is 0 Å². The lowest BCUT2D eigenvalue weighted by atomic mass is 10.4. The molecule has 0 aromatic heterocycles. The van der Waals surface area contributed by atoms with Crippen molar-refractivity contribution in [2.45, 2.75) is 12.5 Å². The summed E-state index contributed by atoms with van der Waals surface area (Å²) in [5, 5.41) is 0. The van der Waals surface area contributed by atoms with Gasteiger partial charge in [-0.1, -0.05) is 12.2 Å².